The summed E-state index contributed by atoms with van der Waals surface area (Å²) in [5.74, 6) is 0.657. The number of nitrogens with zero attached hydrogens (tertiary/aromatic N) is 2. The van der Waals surface area contributed by atoms with Gasteiger partial charge in [0.15, 0.2) is 0 Å². The lowest BCUT2D eigenvalue weighted by Gasteiger charge is -2.03. The highest BCUT2D eigenvalue weighted by atomic mass is 16.3. The summed E-state index contributed by atoms with van der Waals surface area (Å²) in [5.41, 5.74) is 1.25. The van der Waals surface area contributed by atoms with Crippen LogP contribution >= 0.6 is 0 Å². The Bertz CT molecular complexity index is 229. The molecular weight excluding hydrogens is 188 g/mol. The second-order valence-electron chi connectivity index (χ2n) is 4.02. The summed E-state index contributed by atoms with van der Waals surface area (Å²) in [5, 5.41) is 13.3. The Balaban J connectivity index is 0.000000921. The molecule has 1 aromatic heterocycles. The van der Waals surface area contributed by atoms with Crippen molar-refractivity contribution in [2.45, 2.75) is 53.7 Å². The lowest BCUT2D eigenvalue weighted by atomic mass is 10.1. The van der Waals surface area contributed by atoms with Crippen molar-refractivity contribution in [3.05, 3.63) is 18.0 Å². The smallest absolute Gasteiger partial charge is 0.0708 e. The summed E-state index contributed by atoms with van der Waals surface area (Å²) in [7, 11) is 0. The lowest BCUT2D eigenvalue weighted by Crippen LogP contribution is -2.11. The van der Waals surface area contributed by atoms with Crippen LogP contribution in [0.15, 0.2) is 12.4 Å². The predicted octanol–water partition coefficient (Wildman–Crippen LogP) is 2.49. The molecule has 3 heteroatoms. The van der Waals surface area contributed by atoms with Gasteiger partial charge in [0.25, 0.3) is 0 Å². The topological polar surface area (TPSA) is 38.0 Å². The van der Waals surface area contributed by atoms with Gasteiger partial charge in [0, 0.05) is 6.20 Å². The molecule has 88 valence electrons. The Hall–Kier alpha value is -0.830. The molecule has 0 spiro atoms. The highest BCUT2D eigenvalue weighted by molar-refractivity contribution is 5.04. The fourth-order valence-electron chi connectivity index (χ4n) is 1.35. The van der Waals surface area contributed by atoms with Crippen molar-refractivity contribution in [2.24, 2.45) is 5.92 Å². The Morgan fingerprint density at radius 2 is 1.93 bits per heavy atom. The number of hydrogen-bond acceptors (Lipinski definition) is 2. The SMILES string of the molecule is CC.CC(C)Cc1cnn(CC(C)O)c1. The second kappa shape index (κ2) is 7.46. The predicted molar refractivity (Wildman–Crippen MR) is 63.8 cm³/mol. The molecule has 3 nitrogen and oxygen atoms in total. The third-order valence-electron chi connectivity index (χ3n) is 1.78. The van der Waals surface area contributed by atoms with Gasteiger partial charge in [-0.2, -0.15) is 5.10 Å². The van der Waals surface area contributed by atoms with Gasteiger partial charge < -0.3 is 5.11 Å². The van der Waals surface area contributed by atoms with Crippen molar-refractivity contribution >= 4 is 0 Å². The van der Waals surface area contributed by atoms with Gasteiger partial charge in [0.1, 0.15) is 0 Å². The number of aliphatic hydroxyl groups is 1. The molecule has 0 fully saturated rings. The van der Waals surface area contributed by atoms with Gasteiger partial charge in [-0.15, -0.1) is 0 Å². The molecule has 15 heavy (non-hydrogen) atoms. The number of aliphatic hydroxyl groups excluding tert-OH is 1. The fourth-order valence-corrected chi connectivity index (χ4v) is 1.35. The molecule has 0 aliphatic carbocycles. The number of hydrogen-bond donors (Lipinski definition) is 1. The molecule has 0 radical (unpaired) electrons. The third-order valence-corrected chi connectivity index (χ3v) is 1.78. The van der Waals surface area contributed by atoms with E-state index >= 15 is 0 Å². The first kappa shape index (κ1) is 14.2. The standard InChI is InChI=1S/C10H18N2O.C2H6/c1-8(2)4-10-5-11-12(7-10)6-9(3)13;1-2/h5,7-9,13H,4,6H2,1-3H3;1-2H3. The van der Waals surface area contributed by atoms with Crippen molar-refractivity contribution in [3.8, 4) is 0 Å². The van der Waals surface area contributed by atoms with Crippen LogP contribution in [0.25, 0.3) is 0 Å². The summed E-state index contributed by atoms with van der Waals surface area (Å²) in [6.07, 6.45) is 4.61. The number of rotatable bonds is 4. The Morgan fingerprint density at radius 1 is 1.33 bits per heavy atom. The van der Waals surface area contributed by atoms with E-state index in [2.05, 4.69) is 18.9 Å². The van der Waals surface area contributed by atoms with Gasteiger partial charge in [-0.1, -0.05) is 27.7 Å². The maximum Gasteiger partial charge on any atom is 0.0708 e. The van der Waals surface area contributed by atoms with Gasteiger partial charge in [0.05, 0.1) is 18.8 Å². The average Bonchev–Trinajstić information content (AvgIpc) is 2.54. The van der Waals surface area contributed by atoms with Gasteiger partial charge in [-0.25, -0.2) is 0 Å². The molecule has 1 unspecified atom stereocenters. The molecule has 1 heterocycles. The van der Waals surface area contributed by atoms with Crippen molar-refractivity contribution in [1.29, 1.82) is 0 Å². The van der Waals surface area contributed by atoms with Crippen LogP contribution in [-0.2, 0) is 13.0 Å². The van der Waals surface area contributed by atoms with Crippen LogP contribution in [0.2, 0.25) is 0 Å². The Morgan fingerprint density at radius 3 is 2.40 bits per heavy atom. The van der Waals surface area contributed by atoms with E-state index in [1.807, 2.05) is 26.2 Å². The van der Waals surface area contributed by atoms with Crippen molar-refractivity contribution in [2.75, 3.05) is 0 Å². The largest absolute Gasteiger partial charge is 0.391 e. The molecule has 1 aromatic rings. The van der Waals surface area contributed by atoms with Crippen molar-refractivity contribution in [1.82, 2.24) is 9.78 Å². The zero-order valence-corrected chi connectivity index (χ0v) is 10.6. The minimum absolute atomic E-state index is 0.327. The lowest BCUT2D eigenvalue weighted by molar-refractivity contribution is 0.168. The van der Waals surface area contributed by atoms with E-state index in [0.717, 1.165) is 6.42 Å². The maximum absolute atomic E-state index is 9.14. The van der Waals surface area contributed by atoms with E-state index in [1.165, 1.54) is 5.56 Å². The molecule has 0 amide bonds. The van der Waals surface area contributed by atoms with E-state index in [1.54, 1.807) is 11.6 Å². The minimum Gasteiger partial charge on any atom is -0.391 e. The molecule has 1 atom stereocenters. The van der Waals surface area contributed by atoms with E-state index in [-0.39, 0.29) is 6.10 Å². The third kappa shape index (κ3) is 6.28. The van der Waals surface area contributed by atoms with Crippen molar-refractivity contribution in [3.63, 3.8) is 0 Å². The quantitative estimate of drug-likeness (QED) is 0.832. The van der Waals surface area contributed by atoms with E-state index in [9.17, 15) is 0 Å². The zero-order valence-electron chi connectivity index (χ0n) is 10.6. The maximum atomic E-state index is 9.14. The fraction of sp³-hybridized carbons (Fsp3) is 0.750. The van der Waals surface area contributed by atoms with E-state index in [4.69, 9.17) is 5.11 Å². The van der Waals surface area contributed by atoms with Crippen LogP contribution in [-0.4, -0.2) is 21.0 Å². The molecular formula is C12H24N2O. The minimum atomic E-state index is -0.327. The summed E-state index contributed by atoms with van der Waals surface area (Å²) in [4.78, 5) is 0. The zero-order chi connectivity index (χ0) is 11.8. The van der Waals surface area contributed by atoms with Crippen LogP contribution in [0, 0.1) is 5.92 Å². The first-order valence-electron chi connectivity index (χ1n) is 5.77. The Kier molecular flexibility index (Phi) is 7.05. The van der Waals surface area contributed by atoms with Crippen LogP contribution in [0.4, 0.5) is 0 Å². The van der Waals surface area contributed by atoms with E-state index in [0.29, 0.717) is 12.5 Å². The highest BCUT2D eigenvalue weighted by Gasteiger charge is 2.02. The molecule has 1 N–H and O–H groups in total. The monoisotopic (exact) mass is 212 g/mol. The van der Waals surface area contributed by atoms with Crippen LogP contribution in [0.1, 0.15) is 40.2 Å². The molecule has 0 aromatic carbocycles. The highest BCUT2D eigenvalue weighted by Crippen LogP contribution is 2.06. The first-order valence-corrected chi connectivity index (χ1v) is 5.77. The van der Waals surface area contributed by atoms with Crippen LogP contribution in [0.5, 0.6) is 0 Å². The average molecular weight is 212 g/mol. The summed E-state index contributed by atoms with van der Waals surface area (Å²) in [6, 6.07) is 0. The normalized spacial score (nSPS) is 12.2. The van der Waals surface area contributed by atoms with Crippen LogP contribution < -0.4 is 0 Å². The molecule has 1 rings (SSSR count). The van der Waals surface area contributed by atoms with Gasteiger partial charge in [-0.05, 0) is 24.8 Å². The summed E-state index contributed by atoms with van der Waals surface area (Å²) < 4.78 is 1.79. The van der Waals surface area contributed by atoms with Gasteiger partial charge >= 0.3 is 0 Å². The molecule has 0 bridgehead atoms. The molecule has 0 aliphatic heterocycles. The molecule has 0 aliphatic rings. The Labute approximate surface area is 93.1 Å². The van der Waals surface area contributed by atoms with Crippen LogP contribution in [0.3, 0.4) is 0 Å². The van der Waals surface area contributed by atoms with E-state index < -0.39 is 0 Å². The van der Waals surface area contributed by atoms with Gasteiger partial charge in [0.2, 0.25) is 0 Å². The number of aromatic nitrogens is 2. The van der Waals surface area contributed by atoms with Gasteiger partial charge in [-0.3, -0.25) is 4.68 Å². The summed E-state index contributed by atoms with van der Waals surface area (Å²) in [6.45, 7) is 10.7. The second-order valence-corrected chi connectivity index (χ2v) is 4.02. The van der Waals surface area contributed by atoms with Crippen molar-refractivity contribution < 1.29 is 5.11 Å². The first-order chi connectivity index (χ1) is 7.08. The molecule has 0 saturated carbocycles. The molecule has 0 saturated heterocycles. The summed E-state index contributed by atoms with van der Waals surface area (Å²) >= 11 is 0.